The van der Waals surface area contributed by atoms with Crippen molar-refractivity contribution in [3.05, 3.63) is 23.7 Å². The van der Waals surface area contributed by atoms with Crippen LogP contribution in [0.25, 0.3) is 0 Å². The Balaban J connectivity index is 1.94. The first-order chi connectivity index (χ1) is 9.10. The maximum Gasteiger partial charge on any atom is 0.301 e. The Bertz CT molecular complexity index is 471. The number of carbonyl (C=O) groups is 2. The zero-order valence-corrected chi connectivity index (χ0v) is 10.8. The van der Waals surface area contributed by atoms with Gasteiger partial charge in [-0.25, -0.2) is 5.84 Å². The number of carbonyl (C=O) groups excluding carboxylic acids is 2. The van der Waals surface area contributed by atoms with Crippen molar-refractivity contribution in [1.29, 1.82) is 0 Å². The first kappa shape index (κ1) is 13.6. The number of hydrogen-bond acceptors (Lipinski definition) is 5. The fraction of sp³-hybridized carbons (Fsp3) is 0.500. The highest BCUT2D eigenvalue weighted by Crippen LogP contribution is 2.17. The van der Waals surface area contributed by atoms with E-state index in [1.807, 2.05) is 0 Å². The molecule has 1 saturated heterocycles. The van der Waals surface area contributed by atoms with Crippen LogP contribution in [0.5, 0.6) is 0 Å². The maximum absolute atomic E-state index is 11.5. The number of hydrazine groups is 1. The van der Waals surface area contributed by atoms with Crippen molar-refractivity contribution in [2.45, 2.75) is 25.9 Å². The second-order valence-corrected chi connectivity index (χ2v) is 4.67. The van der Waals surface area contributed by atoms with Gasteiger partial charge in [0.15, 0.2) is 5.76 Å². The van der Waals surface area contributed by atoms with E-state index >= 15 is 0 Å². The first-order valence-electron chi connectivity index (χ1n) is 6.17. The van der Waals surface area contributed by atoms with Gasteiger partial charge in [0.05, 0.1) is 6.26 Å². The Labute approximate surface area is 111 Å². The lowest BCUT2D eigenvalue weighted by molar-refractivity contribution is -0.119. The normalized spacial score (nSPS) is 19.4. The molecule has 104 valence electrons. The third kappa shape index (κ3) is 3.33. The van der Waals surface area contributed by atoms with Gasteiger partial charge in [-0.05, 0) is 12.5 Å². The molecule has 1 aromatic rings. The highest BCUT2D eigenvalue weighted by Gasteiger charge is 2.25. The van der Waals surface area contributed by atoms with E-state index in [0.29, 0.717) is 6.54 Å². The lowest BCUT2D eigenvalue weighted by Gasteiger charge is -2.15. The number of nitrogens with one attached hydrogen (secondary N) is 2. The summed E-state index contributed by atoms with van der Waals surface area (Å²) in [6.45, 7) is 3.77. The number of amides is 2. The summed E-state index contributed by atoms with van der Waals surface area (Å²) in [6.07, 6.45) is 2.39. The first-order valence-corrected chi connectivity index (χ1v) is 6.17. The van der Waals surface area contributed by atoms with Gasteiger partial charge in [-0.3, -0.25) is 19.9 Å². The second-order valence-electron chi connectivity index (χ2n) is 4.67. The zero-order valence-electron chi connectivity index (χ0n) is 10.8. The van der Waals surface area contributed by atoms with Crippen LogP contribution in [0.1, 0.15) is 29.5 Å². The lowest BCUT2D eigenvalue weighted by atomic mass is 10.2. The van der Waals surface area contributed by atoms with E-state index in [4.69, 9.17) is 10.3 Å². The second kappa shape index (κ2) is 5.85. The molecule has 1 atom stereocenters. The highest BCUT2D eigenvalue weighted by atomic mass is 16.3. The average molecular weight is 266 g/mol. The molecule has 19 heavy (non-hydrogen) atoms. The molecule has 2 amide bonds. The van der Waals surface area contributed by atoms with Crippen molar-refractivity contribution in [1.82, 2.24) is 15.6 Å². The van der Waals surface area contributed by atoms with Crippen LogP contribution in [-0.4, -0.2) is 35.8 Å². The molecule has 0 aliphatic carbocycles. The third-order valence-corrected chi connectivity index (χ3v) is 3.16. The standard InChI is InChI=1S/C12H18N4O3/c1-8(17)14-10-2-4-16(7-10)6-9-3-5-19-11(9)12(18)15-13/h3,5,10H,2,4,6-7,13H2,1H3,(H,14,17)(H,15,18). The third-order valence-electron chi connectivity index (χ3n) is 3.16. The molecule has 0 radical (unpaired) electrons. The van der Waals surface area contributed by atoms with Gasteiger partial charge in [-0.2, -0.15) is 0 Å². The molecule has 1 unspecified atom stereocenters. The Kier molecular flexibility index (Phi) is 4.18. The van der Waals surface area contributed by atoms with Crippen molar-refractivity contribution in [2.24, 2.45) is 5.84 Å². The molecule has 0 bridgehead atoms. The SMILES string of the molecule is CC(=O)NC1CCN(Cc2ccoc2C(=O)NN)C1. The lowest BCUT2D eigenvalue weighted by Crippen LogP contribution is -2.35. The van der Waals surface area contributed by atoms with E-state index < -0.39 is 5.91 Å². The van der Waals surface area contributed by atoms with Gasteiger partial charge in [-0.1, -0.05) is 0 Å². The van der Waals surface area contributed by atoms with Crippen LogP contribution in [0.4, 0.5) is 0 Å². The van der Waals surface area contributed by atoms with E-state index in [-0.39, 0.29) is 17.7 Å². The summed E-state index contributed by atoms with van der Waals surface area (Å²) in [6, 6.07) is 1.94. The number of hydrogen-bond donors (Lipinski definition) is 3. The molecule has 2 heterocycles. The predicted molar refractivity (Wildman–Crippen MR) is 67.9 cm³/mol. The summed E-state index contributed by atoms with van der Waals surface area (Å²) in [7, 11) is 0. The number of nitrogens with two attached hydrogens (primary N) is 1. The van der Waals surface area contributed by atoms with Gasteiger partial charge in [0.25, 0.3) is 0 Å². The van der Waals surface area contributed by atoms with E-state index in [0.717, 1.165) is 25.1 Å². The minimum absolute atomic E-state index is 0.0154. The molecule has 7 heteroatoms. The molecular weight excluding hydrogens is 248 g/mol. The van der Waals surface area contributed by atoms with Crippen LogP contribution in [-0.2, 0) is 11.3 Å². The van der Waals surface area contributed by atoms with E-state index in [1.54, 1.807) is 6.07 Å². The molecule has 0 saturated carbocycles. The van der Waals surface area contributed by atoms with Gasteiger partial charge in [0.2, 0.25) is 5.91 Å². The van der Waals surface area contributed by atoms with Crippen LogP contribution >= 0.6 is 0 Å². The highest BCUT2D eigenvalue weighted by molar-refractivity contribution is 5.92. The molecule has 4 N–H and O–H groups in total. The van der Waals surface area contributed by atoms with Crippen LogP contribution in [0.2, 0.25) is 0 Å². The summed E-state index contributed by atoms with van der Waals surface area (Å²) in [5.74, 6) is 4.89. The molecule has 7 nitrogen and oxygen atoms in total. The van der Waals surface area contributed by atoms with E-state index in [9.17, 15) is 9.59 Å². The quantitative estimate of drug-likeness (QED) is 0.391. The Hall–Kier alpha value is -1.86. The number of nitrogens with zero attached hydrogens (tertiary/aromatic N) is 1. The van der Waals surface area contributed by atoms with Gasteiger partial charge >= 0.3 is 5.91 Å². The van der Waals surface area contributed by atoms with Crippen molar-refractivity contribution in [3.63, 3.8) is 0 Å². The Morgan fingerprint density at radius 1 is 1.58 bits per heavy atom. The maximum atomic E-state index is 11.5. The number of furan rings is 1. The van der Waals surface area contributed by atoms with Crippen molar-refractivity contribution in [2.75, 3.05) is 13.1 Å². The van der Waals surface area contributed by atoms with Crippen LogP contribution < -0.4 is 16.6 Å². The summed E-state index contributed by atoms with van der Waals surface area (Å²) in [5.41, 5.74) is 2.86. The smallest absolute Gasteiger partial charge is 0.301 e. The minimum Gasteiger partial charge on any atom is -0.459 e. The predicted octanol–water partition coefficient (Wildman–Crippen LogP) is -0.406. The number of nitrogen functional groups attached to an aromatic ring is 1. The molecule has 0 spiro atoms. The fourth-order valence-corrected chi connectivity index (χ4v) is 2.35. The fourth-order valence-electron chi connectivity index (χ4n) is 2.35. The Morgan fingerprint density at radius 2 is 2.37 bits per heavy atom. The Morgan fingerprint density at radius 3 is 3.05 bits per heavy atom. The zero-order chi connectivity index (χ0) is 13.8. The van der Waals surface area contributed by atoms with Crippen molar-refractivity contribution < 1.29 is 14.0 Å². The molecule has 1 aliphatic rings. The van der Waals surface area contributed by atoms with Crippen LogP contribution in [0.3, 0.4) is 0 Å². The van der Waals surface area contributed by atoms with Crippen LogP contribution in [0, 0.1) is 0 Å². The molecule has 0 aromatic carbocycles. The van der Waals surface area contributed by atoms with Gasteiger partial charge in [0.1, 0.15) is 0 Å². The summed E-state index contributed by atoms with van der Waals surface area (Å²) < 4.78 is 5.13. The van der Waals surface area contributed by atoms with Crippen LogP contribution in [0.15, 0.2) is 16.7 Å². The molecular formula is C12H18N4O3. The summed E-state index contributed by atoms with van der Waals surface area (Å²) in [4.78, 5) is 24.6. The number of rotatable bonds is 4. The number of likely N-dealkylation sites (tertiary alicyclic amines) is 1. The van der Waals surface area contributed by atoms with E-state index in [1.165, 1.54) is 13.2 Å². The van der Waals surface area contributed by atoms with Gasteiger partial charge in [0, 0.05) is 38.2 Å². The van der Waals surface area contributed by atoms with E-state index in [2.05, 4.69) is 15.6 Å². The van der Waals surface area contributed by atoms with Crippen molar-refractivity contribution in [3.8, 4) is 0 Å². The molecule has 2 rings (SSSR count). The summed E-state index contributed by atoms with van der Waals surface area (Å²) >= 11 is 0. The topological polar surface area (TPSA) is 101 Å². The molecule has 1 aromatic heterocycles. The van der Waals surface area contributed by atoms with Gasteiger partial charge < -0.3 is 9.73 Å². The minimum atomic E-state index is -0.433. The molecule has 1 fully saturated rings. The largest absolute Gasteiger partial charge is 0.459 e. The van der Waals surface area contributed by atoms with Gasteiger partial charge in [-0.15, -0.1) is 0 Å². The summed E-state index contributed by atoms with van der Waals surface area (Å²) in [5, 5.41) is 2.90. The average Bonchev–Trinajstić information content (AvgIpc) is 2.98. The van der Waals surface area contributed by atoms with Crippen molar-refractivity contribution >= 4 is 11.8 Å². The molecule has 1 aliphatic heterocycles. The monoisotopic (exact) mass is 266 g/mol.